The van der Waals surface area contributed by atoms with Crippen LogP contribution in [0.1, 0.15) is 6.42 Å². The zero-order valence-electron chi connectivity index (χ0n) is 14.8. The molecule has 0 aromatic heterocycles. The van der Waals surface area contributed by atoms with E-state index in [4.69, 9.17) is 4.74 Å². The van der Waals surface area contributed by atoms with Crippen molar-refractivity contribution in [3.8, 4) is 5.75 Å². The van der Waals surface area contributed by atoms with Gasteiger partial charge >= 0.3 is 0 Å². The summed E-state index contributed by atoms with van der Waals surface area (Å²) in [5, 5.41) is 5.08. The van der Waals surface area contributed by atoms with Crippen molar-refractivity contribution in [2.45, 2.75) is 12.5 Å². The topological polar surface area (TPSA) is 58.6 Å². The van der Waals surface area contributed by atoms with Gasteiger partial charge in [-0.05, 0) is 35.0 Å². The molecule has 2 amide bonds. The Hall–Kier alpha value is -3.34. The average molecular weight is 360 g/mol. The first-order chi connectivity index (χ1) is 13.2. The molecule has 1 fully saturated rings. The summed E-state index contributed by atoms with van der Waals surface area (Å²) in [6.45, 7) is 0.402. The lowest BCUT2D eigenvalue weighted by Crippen LogP contribution is -2.39. The van der Waals surface area contributed by atoms with Crippen molar-refractivity contribution in [1.29, 1.82) is 0 Å². The number of amides is 2. The van der Waals surface area contributed by atoms with Crippen LogP contribution >= 0.6 is 0 Å². The molecule has 1 atom stereocenters. The predicted molar refractivity (Wildman–Crippen MR) is 105 cm³/mol. The van der Waals surface area contributed by atoms with Gasteiger partial charge < -0.3 is 15.0 Å². The molecule has 136 valence electrons. The molecule has 5 nitrogen and oxygen atoms in total. The molecule has 1 aliphatic rings. The Bertz CT molecular complexity index is 971. The van der Waals surface area contributed by atoms with Gasteiger partial charge in [0.15, 0.2) is 6.61 Å². The lowest BCUT2D eigenvalue weighted by Gasteiger charge is -2.17. The fraction of sp³-hybridized carbons (Fsp3) is 0.182. The number of hydrogen-bond donors (Lipinski definition) is 1. The van der Waals surface area contributed by atoms with Crippen LogP contribution in [0, 0.1) is 0 Å². The van der Waals surface area contributed by atoms with Gasteiger partial charge in [-0.1, -0.05) is 48.5 Å². The van der Waals surface area contributed by atoms with Crippen LogP contribution in [0.3, 0.4) is 0 Å². The Labute approximate surface area is 157 Å². The molecule has 0 bridgehead atoms. The van der Waals surface area contributed by atoms with Crippen LogP contribution in [0.2, 0.25) is 0 Å². The van der Waals surface area contributed by atoms with E-state index in [0.29, 0.717) is 18.7 Å². The number of nitrogens with zero attached hydrogens (tertiary/aromatic N) is 1. The number of hydrogen-bond acceptors (Lipinski definition) is 3. The van der Waals surface area contributed by atoms with Gasteiger partial charge in [-0.15, -0.1) is 0 Å². The summed E-state index contributed by atoms with van der Waals surface area (Å²) in [6, 6.07) is 23.0. The van der Waals surface area contributed by atoms with Gasteiger partial charge in [-0.2, -0.15) is 0 Å². The second-order valence-electron chi connectivity index (χ2n) is 6.61. The molecule has 3 aromatic carbocycles. The molecule has 4 rings (SSSR count). The summed E-state index contributed by atoms with van der Waals surface area (Å²) in [5.41, 5.74) is 0.853. The minimum atomic E-state index is -0.226. The first-order valence-electron chi connectivity index (χ1n) is 8.95. The molecule has 0 aliphatic carbocycles. The Morgan fingerprint density at radius 2 is 1.74 bits per heavy atom. The molecular weight excluding hydrogens is 340 g/mol. The monoisotopic (exact) mass is 360 g/mol. The molecular formula is C22H20N2O3. The number of nitrogens with one attached hydrogen (secondary N) is 1. The average Bonchev–Trinajstić information content (AvgIpc) is 3.07. The zero-order valence-corrected chi connectivity index (χ0v) is 14.8. The molecule has 0 unspecified atom stereocenters. The zero-order chi connectivity index (χ0) is 18.6. The summed E-state index contributed by atoms with van der Waals surface area (Å²) in [5.74, 6) is 0.440. The van der Waals surface area contributed by atoms with Gasteiger partial charge in [0.1, 0.15) is 5.75 Å². The molecule has 3 aromatic rings. The van der Waals surface area contributed by atoms with Crippen molar-refractivity contribution in [2.24, 2.45) is 0 Å². The second kappa shape index (κ2) is 7.50. The molecule has 5 heteroatoms. The van der Waals surface area contributed by atoms with Crippen molar-refractivity contribution in [2.75, 3.05) is 18.1 Å². The number of benzene rings is 3. The van der Waals surface area contributed by atoms with Crippen LogP contribution in [-0.2, 0) is 9.59 Å². The van der Waals surface area contributed by atoms with Crippen LogP contribution in [0.15, 0.2) is 72.8 Å². The van der Waals surface area contributed by atoms with Crippen LogP contribution in [-0.4, -0.2) is 31.0 Å². The van der Waals surface area contributed by atoms with E-state index in [-0.39, 0.29) is 24.5 Å². The molecule has 0 spiro atoms. The highest BCUT2D eigenvalue weighted by molar-refractivity contribution is 5.96. The first-order valence-corrected chi connectivity index (χ1v) is 8.95. The predicted octanol–water partition coefficient (Wildman–Crippen LogP) is 3.14. The van der Waals surface area contributed by atoms with Crippen LogP contribution in [0.25, 0.3) is 10.8 Å². The summed E-state index contributed by atoms with van der Waals surface area (Å²) < 4.78 is 5.61. The second-order valence-corrected chi connectivity index (χ2v) is 6.61. The maximum absolute atomic E-state index is 12.2. The summed E-state index contributed by atoms with van der Waals surface area (Å²) in [7, 11) is 0. The van der Waals surface area contributed by atoms with Gasteiger partial charge in [-0.3, -0.25) is 9.59 Å². The minimum absolute atomic E-state index is 0.0157. The van der Waals surface area contributed by atoms with Gasteiger partial charge in [0.25, 0.3) is 5.91 Å². The van der Waals surface area contributed by atoms with Crippen LogP contribution in [0.5, 0.6) is 5.75 Å². The summed E-state index contributed by atoms with van der Waals surface area (Å²) in [6.07, 6.45) is 0.302. The highest BCUT2D eigenvalue weighted by Gasteiger charge is 2.31. The van der Waals surface area contributed by atoms with E-state index in [1.165, 1.54) is 0 Å². The normalized spacial score (nSPS) is 16.5. The van der Waals surface area contributed by atoms with Crippen molar-refractivity contribution >= 4 is 28.3 Å². The molecule has 1 aliphatic heterocycles. The van der Waals surface area contributed by atoms with E-state index in [1.54, 1.807) is 4.90 Å². The third-order valence-electron chi connectivity index (χ3n) is 4.65. The molecule has 27 heavy (non-hydrogen) atoms. The van der Waals surface area contributed by atoms with Gasteiger partial charge in [0.2, 0.25) is 5.91 Å². The lowest BCUT2D eigenvalue weighted by atomic mass is 10.1. The number of carbonyl (C=O) groups is 2. The van der Waals surface area contributed by atoms with Crippen LogP contribution < -0.4 is 15.0 Å². The third kappa shape index (κ3) is 3.92. The number of para-hydroxylation sites is 1. The quantitative estimate of drug-likeness (QED) is 0.760. The lowest BCUT2D eigenvalue weighted by molar-refractivity contribution is -0.123. The van der Waals surface area contributed by atoms with E-state index in [9.17, 15) is 9.59 Å². The van der Waals surface area contributed by atoms with E-state index < -0.39 is 0 Å². The van der Waals surface area contributed by atoms with Crippen molar-refractivity contribution in [1.82, 2.24) is 5.32 Å². The van der Waals surface area contributed by atoms with Gasteiger partial charge in [0.05, 0.1) is 6.04 Å². The molecule has 0 saturated carbocycles. The first kappa shape index (κ1) is 17.1. The van der Waals surface area contributed by atoms with Gasteiger partial charge in [0, 0.05) is 18.7 Å². The van der Waals surface area contributed by atoms with Crippen molar-refractivity contribution < 1.29 is 14.3 Å². The van der Waals surface area contributed by atoms with E-state index in [2.05, 4.69) is 5.32 Å². The van der Waals surface area contributed by atoms with Crippen molar-refractivity contribution in [3.63, 3.8) is 0 Å². The molecule has 1 saturated heterocycles. The van der Waals surface area contributed by atoms with Crippen LogP contribution in [0.4, 0.5) is 5.69 Å². The number of anilines is 1. The molecule has 0 radical (unpaired) electrons. The molecule has 1 heterocycles. The Balaban J connectivity index is 1.32. The third-order valence-corrected chi connectivity index (χ3v) is 4.65. The van der Waals surface area contributed by atoms with Crippen molar-refractivity contribution in [3.05, 3.63) is 72.8 Å². The number of carbonyl (C=O) groups excluding carboxylic acids is 2. The summed E-state index contributed by atoms with van der Waals surface area (Å²) >= 11 is 0. The fourth-order valence-electron chi connectivity index (χ4n) is 3.34. The minimum Gasteiger partial charge on any atom is -0.484 e. The Kier molecular flexibility index (Phi) is 4.75. The highest BCUT2D eigenvalue weighted by Crippen LogP contribution is 2.22. The van der Waals surface area contributed by atoms with E-state index in [0.717, 1.165) is 16.5 Å². The number of ether oxygens (including phenoxy) is 1. The van der Waals surface area contributed by atoms with E-state index in [1.807, 2.05) is 72.8 Å². The smallest absolute Gasteiger partial charge is 0.258 e. The Morgan fingerprint density at radius 1 is 1.00 bits per heavy atom. The fourth-order valence-corrected chi connectivity index (χ4v) is 3.34. The van der Waals surface area contributed by atoms with Gasteiger partial charge in [-0.25, -0.2) is 0 Å². The molecule has 1 N–H and O–H groups in total. The highest BCUT2D eigenvalue weighted by atomic mass is 16.5. The summed E-state index contributed by atoms with van der Waals surface area (Å²) in [4.78, 5) is 26.1. The SMILES string of the molecule is O=C(COc1ccc2ccccc2c1)N[C@@H]1CC(=O)N(c2ccccc2)C1. The van der Waals surface area contributed by atoms with E-state index >= 15 is 0 Å². The standard InChI is InChI=1S/C22H20N2O3/c25-21(15-27-20-11-10-16-6-4-5-7-17(16)12-20)23-18-13-22(26)24(14-18)19-8-2-1-3-9-19/h1-12,18H,13-15H2,(H,23,25)/t18-/m1/s1. The maximum atomic E-state index is 12.2. The number of fused-ring (bicyclic) bond motifs is 1. The maximum Gasteiger partial charge on any atom is 0.258 e. The number of rotatable bonds is 5. The Morgan fingerprint density at radius 3 is 2.56 bits per heavy atom. The largest absolute Gasteiger partial charge is 0.484 e.